The lowest BCUT2D eigenvalue weighted by molar-refractivity contribution is 0.514. The second-order valence-electron chi connectivity index (χ2n) is 4.43. The molecule has 0 saturated heterocycles. The quantitative estimate of drug-likeness (QED) is 0.712. The number of hydrogen-bond acceptors (Lipinski definition) is 0. The van der Waals surface area contributed by atoms with Gasteiger partial charge < -0.3 is 4.98 Å². The maximum Gasteiger partial charge on any atom is 0.0456 e. The predicted octanol–water partition coefficient (Wildman–Crippen LogP) is 4.03. The molecule has 1 aliphatic rings. The van der Waals surface area contributed by atoms with E-state index in [4.69, 9.17) is 0 Å². The Morgan fingerprint density at radius 2 is 1.87 bits per heavy atom. The fourth-order valence-electron chi connectivity index (χ4n) is 2.67. The van der Waals surface area contributed by atoms with Crippen LogP contribution < -0.4 is 0 Å². The lowest BCUT2D eigenvalue weighted by Crippen LogP contribution is -2.03. The molecular formula is C14H16N. The van der Waals surface area contributed by atoms with Crippen LogP contribution in [0.2, 0.25) is 0 Å². The van der Waals surface area contributed by atoms with Crippen LogP contribution in [0, 0.1) is 6.42 Å². The molecule has 1 aromatic heterocycles. The zero-order chi connectivity index (χ0) is 10.1. The summed E-state index contributed by atoms with van der Waals surface area (Å²) in [4.78, 5) is 3.38. The summed E-state index contributed by atoms with van der Waals surface area (Å²) in [5, 5.41) is 1.42. The van der Waals surface area contributed by atoms with E-state index in [0.29, 0.717) is 0 Å². The highest BCUT2D eigenvalue weighted by Crippen LogP contribution is 2.35. The zero-order valence-corrected chi connectivity index (χ0v) is 8.87. The van der Waals surface area contributed by atoms with Crippen LogP contribution >= 0.6 is 0 Å². The fraction of sp³-hybridized carbons (Fsp3) is 0.357. The summed E-state index contributed by atoms with van der Waals surface area (Å²) in [6.07, 6.45) is 9.84. The largest absolute Gasteiger partial charge is 0.361 e. The first kappa shape index (κ1) is 9.02. The minimum atomic E-state index is 0.770. The number of aromatic amines is 1. The van der Waals surface area contributed by atoms with E-state index in [0.717, 1.165) is 5.92 Å². The molecule has 1 fully saturated rings. The first-order chi connectivity index (χ1) is 7.45. The lowest BCUT2D eigenvalue weighted by Gasteiger charge is -2.20. The molecule has 1 aliphatic carbocycles. The summed E-state index contributed by atoms with van der Waals surface area (Å²) in [7, 11) is 0. The van der Waals surface area contributed by atoms with Gasteiger partial charge in [0.15, 0.2) is 0 Å². The summed E-state index contributed by atoms with van der Waals surface area (Å²) in [5.41, 5.74) is 2.81. The topological polar surface area (TPSA) is 15.8 Å². The van der Waals surface area contributed by atoms with Crippen LogP contribution in [0.3, 0.4) is 0 Å². The van der Waals surface area contributed by atoms with Crippen molar-refractivity contribution in [3.63, 3.8) is 0 Å². The Bertz CT molecular complexity index is 449. The molecule has 0 unspecified atom stereocenters. The Labute approximate surface area is 90.5 Å². The second-order valence-corrected chi connectivity index (χ2v) is 4.43. The van der Waals surface area contributed by atoms with Crippen molar-refractivity contribution in [2.75, 3.05) is 0 Å². The van der Waals surface area contributed by atoms with Gasteiger partial charge in [0.05, 0.1) is 0 Å². The molecule has 0 atom stereocenters. The second kappa shape index (κ2) is 3.73. The highest BCUT2D eigenvalue weighted by Gasteiger charge is 2.18. The number of hydrogen-bond donors (Lipinski definition) is 1. The van der Waals surface area contributed by atoms with Gasteiger partial charge >= 0.3 is 0 Å². The van der Waals surface area contributed by atoms with Crippen LogP contribution in [0.15, 0.2) is 30.5 Å². The molecule has 1 heterocycles. The number of benzene rings is 1. The third kappa shape index (κ3) is 1.56. The van der Waals surface area contributed by atoms with E-state index in [1.54, 1.807) is 0 Å². The third-order valence-corrected chi connectivity index (χ3v) is 3.50. The number of nitrogens with one attached hydrogen (secondary N) is 1. The third-order valence-electron chi connectivity index (χ3n) is 3.50. The van der Waals surface area contributed by atoms with Crippen molar-refractivity contribution in [3.05, 3.63) is 42.4 Å². The van der Waals surface area contributed by atoms with Gasteiger partial charge in [-0.1, -0.05) is 18.2 Å². The van der Waals surface area contributed by atoms with E-state index in [9.17, 15) is 0 Å². The average Bonchev–Trinajstić information content (AvgIpc) is 2.74. The predicted molar refractivity (Wildman–Crippen MR) is 63.8 cm³/mol. The van der Waals surface area contributed by atoms with Gasteiger partial charge in [-0.05, 0) is 49.7 Å². The Kier molecular flexibility index (Phi) is 2.24. The van der Waals surface area contributed by atoms with Crippen molar-refractivity contribution >= 4 is 10.9 Å². The van der Waals surface area contributed by atoms with Crippen LogP contribution in [0.4, 0.5) is 0 Å². The smallest absolute Gasteiger partial charge is 0.0456 e. The van der Waals surface area contributed by atoms with E-state index < -0.39 is 0 Å². The van der Waals surface area contributed by atoms with Gasteiger partial charge in [0.2, 0.25) is 0 Å². The van der Waals surface area contributed by atoms with E-state index in [1.165, 1.54) is 42.1 Å². The van der Waals surface area contributed by atoms with Crippen molar-refractivity contribution in [2.24, 2.45) is 0 Å². The van der Waals surface area contributed by atoms with Crippen LogP contribution in [-0.4, -0.2) is 4.98 Å². The van der Waals surface area contributed by atoms with Crippen LogP contribution in [-0.2, 0) is 0 Å². The molecule has 0 bridgehead atoms. The number of H-pyrrole nitrogens is 1. The summed E-state index contributed by atoms with van der Waals surface area (Å²) in [6, 6.07) is 8.62. The van der Waals surface area contributed by atoms with E-state index >= 15 is 0 Å². The van der Waals surface area contributed by atoms with Crippen LogP contribution in [0.5, 0.6) is 0 Å². The van der Waals surface area contributed by atoms with Gasteiger partial charge in [-0.2, -0.15) is 0 Å². The van der Waals surface area contributed by atoms with E-state index in [2.05, 4.69) is 41.9 Å². The molecule has 0 amide bonds. The van der Waals surface area contributed by atoms with Gasteiger partial charge in [0, 0.05) is 17.1 Å². The molecule has 3 rings (SSSR count). The first-order valence-corrected chi connectivity index (χ1v) is 5.83. The average molecular weight is 198 g/mol. The van der Waals surface area contributed by atoms with Gasteiger partial charge in [0.25, 0.3) is 0 Å². The summed E-state index contributed by atoms with van der Waals surface area (Å²) < 4.78 is 0. The molecule has 15 heavy (non-hydrogen) atoms. The van der Waals surface area contributed by atoms with Crippen molar-refractivity contribution in [2.45, 2.75) is 31.6 Å². The van der Waals surface area contributed by atoms with Crippen molar-refractivity contribution < 1.29 is 0 Å². The van der Waals surface area contributed by atoms with E-state index in [1.807, 2.05) is 0 Å². The number of fused-ring (bicyclic) bond motifs is 1. The number of para-hydroxylation sites is 1. The van der Waals surface area contributed by atoms with Gasteiger partial charge in [-0.3, -0.25) is 0 Å². The highest BCUT2D eigenvalue weighted by molar-refractivity contribution is 5.83. The van der Waals surface area contributed by atoms with Gasteiger partial charge in [0.1, 0.15) is 0 Å². The molecule has 0 aliphatic heterocycles. The molecule has 1 heteroatoms. The fourth-order valence-corrected chi connectivity index (χ4v) is 2.67. The Hall–Kier alpha value is -1.24. The minimum Gasteiger partial charge on any atom is -0.361 e. The van der Waals surface area contributed by atoms with E-state index in [-0.39, 0.29) is 0 Å². The maximum atomic E-state index is 3.38. The summed E-state index contributed by atoms with van der Waals surface area (Å²) in [6.45, 7) is 0. The monoisotopic (exact) mass is 198 g/mol. The van der Waals surface area contributed by atoms with Crippen LogP contribution in [0.1, 0.15) is 37.2 Å². The maximum absolute atomic E-state index is 3.38. The normalized spacial score (nSPS) is 18.4. The molecule has 1 radical (unpaired) electrons. The first-order valence-electron chi connectivity index (χ1n) is 5.83. The molecule has 0 spiro atoms. The number of rotatable bonds is 1. The minimum absolute atomic E-state index is 0.770. The zero-order valence-electron chi connectivity index (χ0n) is 8.87. The molecule has 1 nitrogen and oxygen atoms in total. The molecule has 1 aromatic carbocycles. The SMILES string of the molecule is [CH]1CCC(c2c[nH]c3ccccc23)CC1. The standard InChI is InChI=1S/C14H16N/c1-2-6-11(7-3-1)13-10-15-14-9-5-4-8-12(13)14/h1,4-5,8-11,15H,2-3,6-7H2. The summed E-state index contributed by atoms with van der Waals surface area (Å²) >= 11 is 0. The molecular weight excluding hydrogens is 182 g/mol. The molecule has 1 saturated carbocycles. The molecule has 2 aromatic rings. The lowest BCUT2D eigenvalue weighted by atomic mass is 9.84. The van der Waals surface area contributed by atoms with Gasteiger partial charge in [-0.25, -0.2) is 0 Å². The van der Waals surface area contributed by atoms with Crippen molar-refractivity contribution in [3.8, 4) is 0 Å². The Morgan fingerprint density at radius 3 is 2.73 bits per heavy atom. The number of aromatic nitrogens is 1. The van der Waals surface area contributed by atoms with Gasteiger partial charge in [-0.15, -0.1) is 0 Å². The highest BCUT2D eigenvalue weighted by atomic mass is 14.7. The Balaban J connectivity index is 2.02. The Morgan fingerprint density at radius 1 is 1.07 bits per heavy atom. The van der Waals surface area contributed by atoms with Crippen LogP contribution in [0.25, 0.3) is 10.9 Å². The molecule has 77 valence electrons. The summed E-state index contributed by atoms with van der Waals surface area (Å²) in [5.74, 6) is 0.770. The van der Waals surface area contributed by atoms with Crippen molar-refractivity contribution in [1.82, 2.24) is 4.98 Å². The van der Waals surface area contributed by atoms with Crippen molar-refractivity contribution in [1.29, 1.82) is 0 Å². The molecule has 1 N–H and O–H groups in total.